The number of nitrogen functional groups attached to an aromatic ring is 1. The molecule has 17 heavy (non-hydrogen) atoms. The first-order valence-electron chi connectivity index (χ1n) is 4.56. The van der Waals surface area contributed by atoms with Gasteiger partial charge in [0.2, 0.25) is 5.43 Å². The number of carbonyl (C=O) groups excluding carboxylic acids is 1. The number of rotatable bonds is 1. The fourth-order valence-corrected chi connectivity index (χ4v) is 2.05. The zero-order valence-corrected chi connectivity index (χ0v) is 9.89. The molecule has 2 aromatic rings. The van der Waals surface area contributed by atoms with Crippen LogP contribution >= 0.6 is 23.2 Å². The number of carbonyl (C=O) groups is 1. The average Bonchev–Trinajstić information content (AvgIpc) is 2.29. The zero-order chi connectivity index (χ0) is 12.6. The highest BCUT2D eigenvalue weighted by atomic mass is 35.5. The summed E-state index contributed by atoms with van der Waals surface area (Å²) in [6.45, 7) is 0. The third-order valence-corrected chi connectivity index (χ3v) is 2.80. The summed E-state index contributed by atoms with van der Waals surface area (Å²) in [5, 5.41) is 0.867. The van der Waals surface area contributed by atoms with Gasteiger partial charge in [-0.05, 0) is 12.1 Å². The van der Waals surface area contributed by atoms with Crippen LogP contribution in [0.2, 0.25) is 10.0 Å². The molecule has 0 aliphatic carbocycles. The van der Waals surface area contributed by atoms with Gasteiger partial charge in [-0.1, -0.05) is 23.2 Å². The van der Waals surface area contributed by atoms with Crippen molar-refractivity contribution in [3.8, 4) is 0 Å². The fraction of sp³-hybridized carbons (Fsp3) is 0. The third-order valence-electron chi connectivity index (χ3n) is 2.28. The predicted octanol–water partition coefficient (Wildman–Crippen LogP) is 1.44. The van der Waals surface area contributed by atoms with Crippen molar-refractivity contribution in [2.75, 3.05) is 0 Å². The van der Waals surface area contributed by atoms with Crippen molar-refractivity contribution >= 4 is 40.0 Å². The lowest BCUT2D eigenvalue weighted by Gasteiger charge is -2.04. The lowest BCUT2D eigenvalue weighted by Crippen LogP contribution is -2.33. The van der Waals surface area contributed by atoms with E-state index in [4.69, 9.17) is 29.0 Å². The van der Waals surface area contributed by atoms with Gasteiger partial charge in [0.05, 0.1) is 10.5 Å². The van der Waals surface area contributed by atoms with E-state index >= 15 is 0 Å². The Bertz CT molecular complexity index is 666. The van der Waals surface area contributed by atoms with E-state index < -0.39 is 11.3 Å². The molecular formula is C10H7Cl2N3O2. The van der Waals surface area contributed by atoms with Crippen LogP contribution in [0.25, 0.3) is 10.9 Å². The standard InChI is InChI=1S/C10H7Cl2N3O2/c11-4-1-5-8(7(12)2-4)14-3-6(9(5)16)10(17)15-13/h1-3H,13H2,(H,14,16)(H,15,17). The van der Waals surface area contributed by atoms with Crippen LogP contribution in [0.3, 0.4) is 0 Å². The summed E-state index contributed by atoms with van der Waals surface area (Å²) in [4.78, 5) is 26.1. The Labute approximate surface area is 105 Å². The van der Waals surface area contributed by atoms with Gasteiger partial charge >= 0.3 is 0 Å². The Balaban J connectivity index is 2.85. The molecule has 1 aromatic heterocycles. The van der Waals surface area contributed by atoms with Crippen molar-refractivity contribution in [3.05, 3.63) is 44.2 Å². The van der Waals surface area contributed by atoms with Gasteiger partial charge in [-0.25, -0.2) is 5.84 Å². The van der Waals surface area contributed by atoms with E-state index in [9.17, 15) is 9.59 Å². The summed E-state index contributed by atoms with van der Waals surface area (Å²) in [5.74, 6) is 4.30. The summed E-state index contributed by atoms with van der Waals surface area (Å²) in [5.41, 5.74) is 1.74. The van der Waals surface area contributed by atoms with E-state index in [1.807, 2.05) is 5.43 Å². The molecule has 0 fully saturated rings. The Morgan fingerprint density at radius 3 is 2.71 bits per heavy atom. The van der Waals surface area contributed by atoms with Crippen LogP contribution < -0.4 is 16.7 Å². The van der Waals surface area contributed by atoms with E-state index in [0.29, 0.717) is 15.6 Å². The lowest BCUT2D eigenvalue weighted by atomic mass is 10.1. The molecule has 5 nitrogen and oxygen atoms in total. The van der Waals surface area contributed by atoms with E-state index in [-0.39, 0.29) is 10.9 Å². The molecule has 1 heterocycles. The molecule has 0 bridgehead atoms. The van der Waals surface area contributed by atoms with Crippen molar-refractivity contribution < 1.29 is 4.79 Å². The number of hydrogen-bond donors (Lipinski definition) is 3. The van der Waals surface area contributed by atoms with Crippen molar-refractivity contribution in [2.24, 2.45) is 5.84 Å². The number of hydrazine groups is 1. The lowest BCUT2D eigenvalue weighted by molar-refractivity contribution is 0.0952. The molecular weight excluding hydrogens is 265 g/mol. The Kier molecular flexibility index (Phi) is 3.06. The van der Waals surface area contributed by atoms with E-state index in [2.05, 4.69) is 4.98 Å². The molecule has 0 saturated heterocycles. The number of amides is 1. The molecule has 0 spiro atoms. The van der Waals surface area contributed by atoms with Gasteiger partial charge in [0.25, 0.3) is 5.91 Å². The van der Waals surface area contributed by atoms with E-state index in [0.717, 1.165) is 0 Å². The topological polar surface area (TPSA) is 88.0 Å². The number of nitrogens with one attached hydrogen (secondary N) is 2. The van der Waals surface area contributed by atoms with Gasteiger partial charge in [0.15, 0.2) is 0 Å². The Hall–Kier alpha value is -1.56. The molecule has 0 radical (unpaired) electrons. The van der Waals surface area contributed by atoms with Gasteiger partial charge in [0, 0.05) is 16.6 Å². The van der Waals surface area contributed by atoms with Gasteiger partial charge in [-0.3, -0.25) is 15.0 Å². The minimum atomic E-state index is -0.677. The molecule has 1 aromatic carbocycles. The smallest absolute Gasteiger partial charge is 0.270 e. The number of pyridine rings is 1. The van der Waals surface area contributed by atoms with Crippen molar-refractivity contribution in [1.29, 1.82) is 0 Å². The molecule has 88 valence electrons. The number of nitrogens with two attached hydrogens (primary N) is 1. The Morgan fingerprint density at radius 1 is 1.35 bits per heavy atom. The molecule has 0 atom stereocenters. The van der Waals surface area contributed by atoms with Crippen molar-refractivity contribution in [1.82, 2.24) is 10.4 Å². The molecule has 4 N–H and O–H groups in total. The minimum Gasteiger partial charge on any atom is -0.359 e. The first-order valence-corrected chi connectivity index (χ1v) is 5.31. The molecule has 7 heteroatoms. The fourth-order valence-electron chi connectivity index (χ4n) is 1.50. The highest BCUT2D eigenvalue weighted by Gasteiger charge is 2.13. The SMILES string of the molecule is NNC(=O)c1c[nH]c2c(Cl)cc(Cl)cc2c1=O. The molecule has 1 amide bonds. The summed E-state index contributed by atoms with van der Waals surface area (Å²) in [6.07, 6.45) is 1.26. The maximum Gasteiger partial charge on any atom is 0.270 e. The number of benzene rings is 1. The zero-order valence-electron chi connectivity index (χ0n) is 8.38. The monoisotopic (exact) mass is 271 g/mol. The van der Waals surface area contributed by atoms with Gasteiger partial charge < -0.3 is 4.98 Å². The molecule has 0 aliphatic rings. The van der Waals surface area contributed by atoms with Crippen LogP contribution in [0.5, 0.6) is 0 Å². The highest BCUT2D eigenvalue weighted by molar-refractivity contribution is 6.38. The predicted molar refractivity (Wildman–Crippen MR) is 66.2 cm³/mol. The van der Waals surface area contributed by atoms with Crippen molar-refractivity contribution in [3.63, 3.8) is 0 Å². The largest absolute Gasteiger partial charge is 0.359 e. The quantitative estimate of drug-likeness (QED) is 0.417. The minimum absolute atomic E-state index is 0.0988. The van der Waals surface area contributed by atoms with Crippen LogP contribution in [0, 0.1) is 0 Å². The van der Waals surface area contributed by atoms with Gasteiger partial charge in [-0.2, -0.15) is 0 Å². The van der Waals surface area contributed by atoms with Crippen LogP contribution in [-0.4, -0.2) is 10.9 Å². The maximum atomic E-state index is 12.0. The summed E-state index contributed by atoms with van der Waals surface area (Å²) in [7, 11) is 0. The second kappa shape index (κ2) is 4.37. The van der Waals surface area contributed by atoms with E-state index in [1.165, 1.54) is 18.3 Å². The molecule has 0 aliphatic heterocycles. The number of H-pyrrole nitrogens is 1. The Morgan fingerprint density at radius 2 is 2.06 bits per heavy atom. The number of hydrogen-bond acceptors (Lipinski definition) is 3. The summed E-state index contributed by atoms with van der Waals surface area (Å²) >= 11 is 11.7. The average molecular weight is 272 g/mol. The third kappa shape index (κ3) is 2.00. The molecule has 2 rings (SSSR count). The first kappa shape index (κ1) is 11.9. The van der Waals surface area contributed by atoms with Crippen LogP contribution in [0.4, 0.5) is 0 Å². The van der Waals surface area contributed by atoms with E-state index in [1.54, 1.807) is 0 Å². The molecule has 0 unspecified atom stereocenters. The summed E-state index contributed by atoms with van der Waals surface area (Å²) < 4.78 is 0. The maximum absolute atomic E-state index is 12.0. The number of fused-ring (bicyclic) bond motifs is 1. The van der Waals surface area contributed by atoms with Crippen LogP contribution in [-0.2, 0) is 0 Å². The van der Waals surface area contributed by atoms with Crippen LogP contribution in [0.1, 0.15) is 10.4 Å². The second-order valence-electron chi connectivity index (χ2n) is 3.32. The first-order chi connectivity index (χ1) is 8.04. The highest BCUT2D eigenvalue weighted by Crippen LogP contribution is 2.24. The normalized spacial score (nSPS) is 10.5. The van der Waals surface area contributed by atoms with Gasteiger partial charge in [0.1, 0.15) is 5.56 Å². The van der Waals surface area contributed by atoms with Gasteiger partial charge in [-0.15, -0.1) is 0 Å². The number of aromatic nitrogens is 1. The van der Waals surface area contributed by atoms with Crippen molar-refractivity contribution in [2.45, 2.75) is 0 Å². The van der Waals surface area contributed by atoms with Crippen LogP contribution in [0.15, 0.2) is 23.1 Å². The summed E-state index contributed by atoms with van der Waals surface area (Å²) in [6, 6.07) is 2.94. The number of aromatic amines is 1. The number of halogens is 2. The second-order valence-corrected chi connectivity index (χ2v) is 4.16. The molecule has 0 saturated carbocycles.